The molecule has 0 aromatic heterocycles. The largest absolute Gasteiger partial charge is 0.270 e. The SMILES string of the molecule is C=CC(=C)C.CCC(C)(C)P(=NC1=CC=CC1)(C(C)(C)CC)C(C)(C)CC.[Ti]. The van der Waals surface area contributed by atoms with Crippen LogP contribution in [0.15, 0.2) is 53.5 Å². The van der Waals surface area contributed by atoms with Gasteiger partial charge in [-0.25, -0.2) is 0 Å². The Morgan fingerprint density at radius 3 is 1.57 bits per heavy atom. The van der Waals surface area contributed by atoms with Crippen molar-refractivity contribution in [3.05, 3.63) is 48.7 Å². The molecule has 0 saturated heterocycles. The maximum Gasteiger partial charge on any atom is 0.0425 e. The molecule has 0 radical (unpaired) electrons. The smallest absolute Gasteiger partial charge is 0.0425 e. The van der Waals surface area contributed by atoms with Crippen LogP contribution in [0, 0.1) is 0 Å². The molecule has 0 aromatic rings. The molecule has 0 heterocycles. The summed E-state index contributed by atoms with van der Waals surface area (Å²) in [6.45, 7) is 30.8. The van der Waals surface area contributed by atoms with E-state index in [0.717, 1.165) is 12.0 Å². The molecule has 0 fully saturated rings. The maximum atomic E-state index is 5.64. The molecule has 1 aliphatic carbocycles. The van der Waals surface area contributed by atoms with Crippen molar-refractivity contribution in [2.45, 2.75) is 110 Å². The molecule has 0 aromatic carbocycles. The van der Waals surface area contributed by atoms with E-state index >= 15 is 0 Å². The number of allylic oxidation sites excluding steroid dienone is 5. The van der Waals surface area contributed by atoms with Crippen LogP contribution >= 0.6 is 7.05 Å². The van der Waals surface area contributed by atoms with Gasteiger partial charge in [-0.15, -0.1) is 0 Å². The molecule has 0 atom stereocenters. The maximum absolute atomic E-state index is 5.64. The molecule has 1 rings (SSSR count). The van der Waals surface area contributed by atoms with Gasteiger partial charge in [-0.2, -0.15) is 0 Å². The zero-order chi connectivity index (χ0) is 21.5. The first-order chi connectivity index (χ1) is 12.3. The van der Waals surface area contributed by atoms with Crippen LogP contribution in [-0.4, -0.2) is 15.5 Å². The van der Waals surface area contributed by atoms with Crippen LogP contribution in [-0.2, 0) is 21.7 Å². The van der Waals surface area contributed by atoms with E-state index in [1.807, 2.05) is 6.92 Å². The number of hydrogen-bond donors (Lipinski definition) is 0. The van der Waals surface area contributed by atoms with Crippen molar-refractivity contribution in [2.75, 3.05) is 0 Å². The van der Waals surface area contributed by atoms with Gasteiger partial charge in [-0.05, 0) is 39.3 Å². The van der Waals surface area contributed by atoms with E-state index in [1.165, 1.54) is 25.0 Å². The predicted octanol–water partition coefficient (Wildman–Crippen LogP) is 9.34. The van der Waals surface area contributed by atoms with Gasteiger partial charge in [-0.3, -0.25) is 4.74 Å². The molecule has 0 saturated carbocycles. The van der Waals surface area contributed by atoms with Crippen molar-refractivity contribution in [2.24, 2.45) is 4.74 Å². The summed E-state index contributed by atoms with van der Waals surface area (Å²) in [4.78, 5) is 0. The number of hydrogen-bond acceptors (Lipinski definition) is 1. The topological polar surface area (TPSA) is 12.4 Å². The molecule has 0 spiro atoms. The van der Waals surface area contributed by atoms with Gasteiger partial charge in [0.15, 0.2) is 0 Å². The zero-order valence-corrected chi connectivity index (χ0v) is 22.9. The van der Waals surface area contributed by atoms with Gasteiger partial charge < -0.3 is 0 Å². The van der Waals surface area contributed by atoms with Crippen molar-refractivity contribution < 1.29 is 21.7 Å². The molecule has 3 heteroatoms. The van der Waals surface area contributed by atoms with Gasteiger partial charge in [-0.1, -0.05) is 99.3 Å². The summed E-state index contributed by atoms with van der Waals surface area (Å²) in [6, 6.07) is 0. The molecule has 0 N–H and O–H groups in total. The van der Waals surface area contributed by atoms with Crippen LogP contribution in [0.5, 0.6) is 0 Å². The monoisotopic (exact) mass is 439 g/mol. The minimum absolute atomic E-state index is 0. The fraction of sp³-hybridized carbons (Fsp3) is 0.680. The van der Waals surface area contributed by atoms with Gasteiger partial charge in [0.05, 0.1) is 0 Å². The van der Waals surface area contributed by atoms with Crippen LogP contribution in [0.4, 0.5) is 0 Å². The number of nitrogens with zero attached hydrogens (tertiary/aromatic N) is 1. The Kier molecular flexibility index (Phi) is 12.8. The second kappa shape index (κ2) is 11.9. The third-order valence-corrected chi connectivity index (χ3v) is 13.4. The van der Waals surface area contributed by atoms with E-state index in [4.69, 9.17) is 4.74 Å². The first-order valence-corrected chi connectivity index (χ1v) is 12.3. The van der Waals surface area contributed by atoms with Crippen LogP contribution in [0.3, 0.4) is 0 Å². The van der Waals surface area contributed by atoms with Crippen LogP contribution < -0.4 is 0 Å². The molecule has 160 valence electrons. The summed E-state index contributed by atoms with van der Waals surface area (Å²) in [5, 5.41) is 0.778. The Labute approximate surface area is 192 Å². The van der Waals surface area contributed by atoms with Gasteiger partial charge in [0, 0.05) is 49.3 Å². The van der Waals surface area contributed by atoms with Crippen LogP contribution in [0.2, 0.25) is 0 Å². The average molecular weight is 439 g/mol. The first-order valence-electron chi connectivity index (χ1n) is 10.5. The molecule has 0 aliphatic heterocycles. The normalized spacial score (nSPS) is 14.4. The summed E-state index contributed by atoms with van der Waals surface area (Å²) in [5.41, 5.74) is 2.32. The molecule has 0 bridgehead atoms. The van der Waals surface area contributed by atoms with Crippen molar-refractivity contribution in [1.82, 2.24) is 0 Å². The molecule has 1 aliphatic rings. The molecular weight excluding hydrogens is 393 g/mol. The van der Waals surface area contributed by atoms with Crippen molar-refractivity contribution in [1.29, 1.82) is 0 Å². The van der Waals surface area contributed by atoms with Gasteiger partial charge >= 0.3 is 0 Å². The molecule has 28 heavy (non-hydrogen) atoms. The Morgan fingerprint density at radius 1 is 1.00 bits per heavy atom. The van der Waals surface area contributed by atoms with E-state index < -0.39 is 7.05 Å². The second-order valence-electron chi connectivity index (χ2n) is 9.57. The number of rotatable bonds is 8. The van der Waals surface area contributed by atoms with E-state index in [0.29, 0.717) is 0 Å². The third kappa shape index (κ3) is 6.45. The van der Waals surface area contributed by atoms with Crippen LogP contribution in [0.25, 0.3) is 0 Å². The Bertz CT molecular complexity index is 585. The van der Waals surface area contributed by atoms with Crippen molar-refractivity contribution in [3.8, 4) is 0 Å². The Hall–Kier alpha value is -0.0957. The fourth-order valence-corrected chi connectivity index (χ4v) is 11.9. The van der Waals surface area contributed by atoms with E-state index in [2.05, 4.69) is 93.7 Å². The molecule has 0 unspecified atom stereocenters. The Morgan fingerprint density at radius 2 is 1.36 bits per heavy atom. The third-order valence-electron chi connectivity index (χ3n) is 6.60. The van der Waals surface area contributed by atoms with E-state index in [-0.39, 0.29) is 37.2 Å². The van der Waals surface area contributed by atoms with Gasteiger partial charge in [0.1, 0.15) is 0 Å². The van der Waals surface area contributed by atoms with Gasteiger partial charge in [0.25, 0.3) is 0 Å². The summed E-state index contributed by atoms with van der Waals surface area (Å²) < 4.78 is 5.64. The summed E-state index contributed by atoms with van der Waals surface area (Å²) in [7, 11) is -1.64. The van der Waals surface area contributed by atoms with Gasteiger partial charge in [0.2, 0.25) is 0 Å². The minimum atomic E-state index is -1.64. The van der Waals surface area contributed by atoms with E-state index in [1.54, 1.807) is 6.08 Å². The standard InChI is InChI=1S/C20H38NP.C5H8.Ti/c1-10-18(4,5)22(19(6,7)11-2,20(8,9)12-3)21-17-15-13-14-16-17;1-4-5(2)3;/h13-15H,10-12,16H2,1-9H3;4H,1-2H2,3H3;. The molecule has 1 nitrogen and oxygen atoms in total. The van der Waals surface area contributed by atoms with Crippen LogP contribution in [0.1, 0.15) is 94.9 Å². The average Bonchev–Trinajstić information content (AvgIpc) is 3.12. The first kappa shape index (κ1) is 30.1. The molecular formula is C25H46NPTi. The van der Waals surface area contributed by atoms with Crippen molar-refractivity contribution in [3.63, 3.8) is 0 Å². The molecule has 0 amide bonds. The minimum Gasteiger partial charge on any atom is -0.270 e. The summed E-state index contributed by atoms with van der Waals surface area (Å²) in [5.74, 6) is 0. The van der Waals surface area contributed by atoms with Crippen molar-refractivity contribution >= 4 is 7.05 Å². The fourth-order valence-electron chi connectivity index (χ4n) is 4.25. The summed E-state index contributed by atoms with van der Waals surface area (Å²) >= 11 is 0. The predicted molar refractivity (Wildman–Crippen MR) is 129 cm³/mol. The zero-order valence-electron chi connectivity index (χ0n) is 20.4. The second-order valence-corrected chi connectivity index (χ2v) is 14.7. The van der Waals surface area contributed by atoms with E-state index in [9.17, 15) is 0 Å². The Balaban J connectivity index is 0. The quantitative estimate of drug-likeness (QED) is 0.203. The summed E-state index contributed by atoms with van der Waals surface area (Å²) in [6.07, 6.45) is 13.0.